The summed E-state index contributed by atoms with van der Waals surface area (Å²) in [5.41, 5.74) is 3.92. The Morgan fingerprint density at radius 1 is 0.932 bits per heavy atom. The van der Waals surface area contributed by atoms with Crippen LogP contribution in [0.4, 0.5) is 37.7 Å². The molecule has 1 unspecified atom stereocenters. The van der Waals surface area contributed by atoms with E-state index in [1.54, 1.807) is 0 Å². The van der Waals surface area contributed by atoms with Crippen molar-refractivity contribution in [2.45, 2.75) is 31.9 Å². The molecule has 0 saturated carbocycles. The lowest BCUT2D eigenvalue weighted by molar-refractivity contribution is -0.193. The summed E-state index contributed by atoms with van der Waals surface area (Å²) in [6.45, 7) is 6.07. The van der Waals surface area contributed by atoms with Crippen LogP contribution >= 0.6 is 11.3 Å². The van der Waals surface area contributed by atoms with Gasteiger partial charge in [-0.25, -0.2) is 9.59 Å². The average molecular weight is 645 g/mol. The Hall–Kier alpha value is -4.62. The summed E-state index contributed by atoms with van der Waals surface area (Å²) in [5.74, 6) is -5.58. The van der Waals surface area contributed by atoms with Gasteiger partial charge in [0.15, 0.2) is 0 Å². The van der Waals surface area contributed by atoms with Crippen molar-refractivity contribution in [3.05, 3.63) is 82.0 Å². The van der Waals surface area contributed by atoms with E-state index in [1.165, 1.54) is 22.6 Å². The lowest BCUT2D eigenvalue weighted by Crippen LogP contribution is -2.51. The lowest BCUT2D eigenvalue weighted by Gasteiger charge is -2.41. The molecule has 4 rings (SSSR count). The van der Waals surface area contributed by atoms with Gasteiger partial charge in [0.2, 0.25) is 0 Å². The maximum atomic E-state index is 12.2. The van der Waals surface area contributed by atoms with Crippen molar-refractivity contribution in [1.82, 2.24) is 4.90 Å². The molecule has 0 radical (unpaired) electrons. The minimum Gasteiger partial charge on any atom is -0.475 e. The Morgan fingerprint density at radius 2 is 1.48 bits per heavy atom. The van der Waals surface area contributed by atoms with Crippen molar-refractivity contribution >= 4 is 40.6 Å². The quantitative estimate of drug-likeness (QED) is 0.295. The molecule has 2 heterocycles. The molecular formula is C28H26F6N4O5S. The predicted octanol–water partition coefficient (Wildman–Crippen LogP) is 5.85. The second kappa shape index (κ2) is 15.7. The van der Waals surface area contributed by atoms with Crippen molar-refractivity contribution in [2.75, 3.05) is 29.9 Å². The molecule has 0 spiro atoms. The number of carbonyl (C=O) groups excluding carboxylic acids is 1. The van der Waals surface area contributed by atoms with Gasteiger partial charge in [-0.2, -0.15) is 31.6 Å². The highest BCUT2D eigenvalue weighted by Gasteiger charge is 2.38. The maximum absolute atomic E-state index is 12.2. The van der Waals surface area contributed by atoms with E-state index in [4.69, 9.17) is 25.1 Å². The largest absolute Gasteiger partial charge is 0.490 e. The fourth-order valence-corrected chi connectivity index (χ4v) is 4.46. The number of aliphatic carboxylic acids is 2. The van der Waals surface area contributed by atoms with E-state index < -0.39 is 24.3 Å². The summed E-state index contributed by atoms with van der Waals surface area (Å²) in [6.07, 6.45) is -10.2. The monoisotopic (exact) mass is 644 g/mol. The second-order valence-electron chi connectivity index (χ2n) is 9.17. The number of amides is 1. The van der Waals surface area contributed by atoms with Crippen molar-refractivity contribution < 1.29 is 50.9 Å². The zero-order chi connectivity index (χ0) is 33.1. The number of nitrogens with one attached hydrogen (secondary N) is 1. The summed E-state index contributed by atoms with van der Waals surface area (Å²) < 4.78 is 63.5. The van der Waals surface area contributed by atoms with Crippen LogP contribution in [0.15, 0.2) is 66.0 Å². The standard InChI is InChI=1S/C24H24N4OS.2C2HF3O2/c1-18-16-27(17-20-6-4-19(15-25)5-7-20)12-13-28(18)22-10-8-21(9-11-22)26-24(29)23-3-2-14-30-23;2*3-2(4,5)1(6)7/h2-11,14,18H,12-13,16-17H2,1H3,(H,26,29);2*(H,6,7). The summed E-state index contributed by atoms with van der Waals surface area (Å²) in [4.78, 5) is 35.6. The van der Waals surface area contributed by atoms with E-state index in [0.29, 0.717) is 16.5 Å². The third-order valence-corrected chi connectivity index (χ3v) is 6.76. The van der Waals surface area contributed by atoms with Gasteiger partial charge >= 0.3 is 24.3 Å². The first-order valence-electron chi connectivity index (χ1n) is 12.5. The van der Waals surface area contributed by atoms with Crippen molar-refractivity contribution in [2.24, 2.45) is 0 Å². The van der Waals surface area contributed by atoms with Gasteiger partial charge in [-0.3, -0.25) is 9.69 Å². The molecule has 1 aliphatic heterocycles. The van der Waals surface area contributed by atoms with Crippen molar-refractivity contribution in [3.8, 4) is 6.07 Å². The van der Waals surface area contributed by atoms with Crippen LogP contribution in [-0.4, -0.2) is 71.0 Å². The normalized spacial score (nSPS) is 15.0. The topological polar surface area (TPSA) is 134 Å². The summed E-state index contributed by atoms with van der Waals surface area (Å²) in [5, 5.41) is 28.0. The van der Waals surface area contributed by atoms with Crippen molar-refractivity contribution in [1.29, 1.82) is 5.26 Å². The van der Waals surface area contributed by atoms with Crippen LogP contribution in [0.3, 0.4) is 0 Å². The first kappa shape index (κ1) is 35.6. The third kappa shape index (κ3) is 11.6. The van der Waals surface area contributed by atoms with Gasteiger partial charge in [0.1, 0.15) is 0 Å². The zero-order valence-corrected chi connectivity index (χ0v) is 23.7. The Labute approximate surface area is 251 Å². The molecule has 2 aromatic carbocycles. The van der Waals surface area contributed by atoms with E-state index in [2.05, 4.69) is 40.2 Å². The number of alkyl halides is 6. The van der Waals surface area contributed by atoms with E-state index in [9.17, 15) is 31.1 Å². The molecule has 1 saturated heterocycles. The van der Waals surface area contributed by atoms with Crippen molar-refractivity contribution in [3.63, 3.8) is 0 Å². The number of hydrogen-bond donors (Lipinski definition) is 3. The minimum atomic E-state index is -5.08. The number of carboxylic acid groups (broad SMARTS) is 2. The number of anilines is 2. The average Bonchev–Trinajstić information content (AvgIpc) is 3.49. The van der Waals surface area contributed by atoms with Gasteiger partial charge < -0.3 is 20.4 Å². The molecule has 1 aromatic heterocycles. The maximum Gasteiger partial charge on any atom is 0.490 e. The third-order valence-electron chi connectivity index (χ3n) is 5.89. The fourth-order valence-electron chi connectivity index (χ4n) is 3.84. The number of rotatable bonds is 5. The predicted molar refractivity (Wildman–Crippen MR) is 149 cm³/mol. The van der Waals surface area contributed by atoms with Crippen LogP contribution in [0.2, 0.25) is 0 Å². The number of benzene rings is 2. The number of hydrogen-bond acceptors (Lipinski definition) is 7. The molecule has 3 aromatic rings. The molecular weight excluding hydrogens is 618 g/mol. The van der Waals surface area contributed by atoms with E-state index in [-0.39, 0.29) is 5.91 Å². The Bertz CT molecular complexity index is 1400. The molecule has 0 aliphatic carbocycles. The van der Waals surface area contributed by atoms with Crippen LogP contribution in [0.5, 0.6) is 0 Å². The van der Waals surface area contributed by atoms with E-state index in [1.807, 2.05) is 53.9 Å². The van der Waals surface area contributed by atoms with Gasteiger partial charge in [0.05, 0.1) is 16.5 Å². The molecule has 9 nitrogen and oxygen atoms in total. The number of piperazine rings is 1. The molecule has 1 amide bonds. The number of thiophene rings is 1. The SMILES string of the molecule is CC1CN(Cc2ccc(C#N)cc2)CCN1c1ccc(NC(=O)c2cccs2)cc1.O=C(O)C(F)(F)F.O=C(O)C(F)(F)F. The molecule has 236 valence electrons. The summed E-state index contributed by atoms with van der Waals surface area (Å²) >= 11 is 1.44. The molecule has 16 heteroatoms. The Morgan fingerprint density at radius 3 is 1.91 bits per heavy atom. The Kier molecular flexibility index (Phi) is 12.7. The number of halogens is 6. The highest BCUT2D eigenvalue weighted by Crippen LogP contribution is 2.24. The van der Waals surface area contributed by atoms with Gasteiger partial charge in [0, 0.05) is 43.6 Å². The number of carboxylic acids is 2. The highest BCUT2D eigenvalue weighted by molar-refractivity contribution is 7.12. The first-order valence-corrected chi connectivity index (χ1v) is 13.4. The van der Waals surface area contributed by atoms with E-state index >= 15 is 0 Å². The summed E-state index contributed by atoms with van der Waals surface area (Å²) in [7, 11) is 0. The van der Waals surface area contributed by atoms with Gasteiger partial charge in [-0.1, -0.05) is 18.2 Å². The van der Waals surface area contributed by atoms with Crippen LogP contribution < -0.4 is 10.2 Å². The fraction of sp³-hybridized carbons (Fsp3) is 0.286. The molecule has 0 bridgehead atoms. The molecule has 3 N–H and O–H groups in total. The van der Waals surface area contributed by atoms with Gasteiger partial charge in [-0.15, -0.1) is 11.3 Å². The van der Waals surface area contributed by atoms with Crippen LogP contribution in [0.1, 0.15) is 27.7 Å². The number of carbonyl (C=O) groups is 3. The second-order valence-corrected chi connectivity index (χ2v) is 10.1. The lowest BCUT2D eigenvalue weighted by atomic mass is 10.1. The first-order chi connectivity index (χ1) is 20.5. The highest BCUT2D eigenvalue weighted by atomic mass is 32.1. The number of nitrogens with zero attached hydrogens (tertiary/aromatic N) is 3. The van der Waals surface area contributed by atoms with Crippen LogP contribution in [-0.2, 0) is 16.1 Å². The van der Waals surface area contributed by atoms with Gasteiger partial charge in [-0.05, 0) is 60.3 Å². The molecule has 1 aliphatic rings. The van der Waals surface area contributed by atoms with Crippen LogP contribution in [0.25, 0.3) is 0 Å². The van der Waals surface area contributed by atoms with E-state index in [0.717, 1.165) is 31.9 Å². The number of nitriles is 1. The van der Waals surface area contributed by atoms with Crippen LogP contribution in [0, 0.1) is 11.3 Å². The molecule has 1 atom stereocenters. The minimum absolute atomic E-state index is 0.0671. The van der Waals surface area contributed by atoms with Gasteiger partial charge in [0.25, 0.3) is 5.91 Å². The Balaban J connectivity index is 0.000000402. The summed E-state index contributed by atoms with van der Waals surface area (Å²) in [6, 6.07) is 22.2. The molecule has 1 fully saturated rings. The smallest absolute Gasteiger partial charge is 0.475 e. The zero-order valence-electron chi connectivity index (χ0n) is 22.9. The molecule has 44 heavy (non-hydrogen) atoms.